The van der Waals surface area contributed by atoms with Gasteiger partial charge in [0.05, 0.1) is 0 Å². The van der Waals surface area contributed by atoms with E-state index in [-0.39, 0.29) is 6.10 Å². The highest BCUT2D eigenvalue weighted by atomic mass is 16.6. The first-order valence-electron chi connectivity index (χ1n) is 7.29. The summed E-state index contributed by atoms with van der Waals surface area (Å²) in [6.07, 6.45) is 2.11. The second kappa shape index (κ2) is 5.19. The number of esters is 1. The molecular weight excluding hydrogens is 254 g/mol. The topological polar surface area (TPSA) is 49.8 Å². The number of fused-ring (bicyclic) bond motifs is 3. The van der Waals surface area contributed by atoms with Gasteiger partial charge >= 0.3 is 5.97 Å². The smallest absolute Gasteiger partial charge is 0.342 e. The van der Waals surface area contributed by atoms with Gasteiger partial charge < -0.3 is 9.84 Å². The van der Waals surface area contributed by atoms with E-state index in [9.17, 15) is 9.90 Å². The molecule has 3 saturated heterocycles. The Morgan fingerprint density at radius 1 is 1.30 bits per heavy atom. The summed E-state index contributed by atoms with van der Waals surface area (Å²) in [6.45, 7) is 4.52. The van der Waals surface area contributed by atoms with E-state index >= 15 is 0 Å². The lowest BCUT2D eigenvalue weighted by atomic mass is 9.85. The molecule has 1 N–H and O–H groups in total. The molecule has 0 spiro atoms. The van der Waals surface area contributed by atoms with Crippen LogP contribution in [0.15, 0.2) is 30.3 Å². The van der Waals surface area contributed by atoms with Crippen LogP contribution in [-0.2, 0) is 15.1 Å². The maximum atomic E-state index is 12.3. The quantitative estimate of drug-likeness (QED) is 0.850. The average molecular weight is 275 g/mol. The first-order chi connectivity index (χ1) is 9.57. The summed E-state index contributed by atoms with van der Waals surface area (Å²) in [5.41, 5.74) is -1.00. The molecule has 108 valence electrons. The third-order valence-electron chi connectivity index (χ3n) is 4.59. The molecule has 0 aliphatic carbocycles. The third kappa shape index (κ3) is 2.45. The number of piperidine rings is 3. The molecule has 20 heavy (non-hydrogen) atoms. The second-order valence-electron chi connectivity index (χ2n) is 6.02. The van der Waals surface area contributed by atoms with E-state index in [0.717, 1.165) is 32.5 Å². The van der Waals surface area contributed by atoms with E-state index in [1.54, 1.807) is 12.1 Å². The van der Waals surface area contributed by atoms with Crippen molar-refractivity contribution >= 4 is 5.97 Å². The molecule has 3 aliphatic rings. The monoisotopic (exact) mass is 275 g/mol. The van der Waals surface area contributed by atoms with Gasteiger partial charge in [-0.2, -0.15) is 0 Å². The molecule has 3 aliphatic heterocycles. The maximum Gasteiger partial charge on any atom is 0.342 e. The largest absolute Gasteiger partial charge is 0.458 e. The van der Waals surface area contributed by atoms with Crippen molar-refractivity contribution in [3.8, 4) is 0 Å². The predicted molar refractivity (Wildman–Crippen MR) is 75.1 cm³/mol. The molecule has 3 fully saturated rings. The summed E-state index contributed by atoms with van der Waals surface area (Å²) < 4.78 is 5.61. The third-order valence-corrected chi connectivity index (χ3v) is 4.59. The molecule has 2 bridgehead atoms. The van der Waals surface area contributed by atoms with Crippen molar-refractivity contribution in [2.24, 2.45) is 5.92 Å². The molecule has 0 saturated carbocycles. The van der Waals surface area contributed by atoms with Gasteiger partial charge in [0.25, 0.3) is 0 Å². The lowest BCUT2D eigenvalue weighted by molar-refractivity contribution is -0.179. The minimum atomic E-state index is -1.58. The Hall–Kier alpha value is -1.39. The number of hydrogen-bond donors (Lipinski definition) is 1. The van der Waals surface area contributed by atoms with Crippen LogP contribution in [-0.4, -0.2) is 41.7 Å². The predicted octanol–water partition coefficient (Wildman–Crippen LogP) is 1.53. The zero-order valence-corrected chi connectivity index (χ0v) is 11.8. The minimum Gasteiger partial charge on any atom is -0.458 e. The first-order valence-corrected chi connectivity index (χ1v) is 7.29. The van der Waals surface area contributed by atoms with Gasteiger partial charge in [0.15, 0.2) is 5.60 Å². The fourth-order valence-corrected chi connectivity index (χ4v) is 3.18. The highest BCUT2D eigenvalue weighted by Gasteiger charge is 2.41. The van der Waals surface area contributed by atoms with Gasteiger partial charge in [-0.1, -0.05) is 30.3 Å². The Bertz CT molecular complexity index is 478. The lowest BCUT2D eigenvalue weighted by Crippen LogP contribution is -2.53. The van der Waals surface area contributed by atoms with Crippen molar-refractivity contribution in [2.75, 3.05) is 19.6 Å². The Morgan fingerprint density at radius 3 is 2.50 bits per heavy atom. The van der Waals surface area contributed by atoms with Crippen LogP contribution >= 0.6 is 0 Å². The summed E-state index contributed by atoms with van der Waals surface area (Å²) in [5, 5.41) is 10.5. The molecular formula is C16H21NO3. The SMILES string of the molecule is C[C@@](O)(C(=O)O[C@H]1CN2CCC1CC2)c1ccccc1. The molecule has 4 heteroatoms. The Balaban J connectivity index is 1.70. The average Bonchev–Trinajstić information content (AvgIpc) is 2.49. The molecule has 4 rings (SSSR count). The highest BCUT2D eigenvalue weighted by Crippen LogP contribution is 2.31. The molecule has 1 aromatic rings. The zero-order chi connectivity index (χ0) is 14.2. The van der Waals surface area contributed by atoms with Gasteiger partial charge in [0.2, 0.25) is 0 Å². The van der Waals surface area contributed by atoms with E-state index in [0.29, 0.717) is 11.5 Å². The summed E-state index contributed by atoms with van der Waals surface area (Å²) in [7, 11) is 0. The summed E-state index contributed by atoms with van der Waals surface area (Å²) >= 11 is 0. The van der Waals surface area contributed by atoms with Crippen LogP contribution in [0.3, 0.4) is 0 Å². The van der Waals surface area contributed by atoms with Gasteiger partial charge in [0.1, 0.15) is 6.10 Å². The molecule has 1 aromatic carbocycles. The summed E-state index contributed by atoms with van der Waals surface area (Å²) in [6, 6.07) is 8.98. The Morgan fingerprint density at radius 2 is 1.95 bits per heavy atom. The van der Waals surface area contributed by atoms with Gasteiger partial charge in [-0.05, 0) is 44.3 Å². The van der Waals surface area contributed by atoms with Crippen LogP contribution in [0.2, 0.25) is 0 Å². The number of hydrogen-bond acceptors (Lipinski definition) is 4. The zero-order valence-electron chi connectivity index (χ0n) is 11.8. The molecule has 0 unspecified atom stereocenters. The number of rotatable bonds is 3. The van der Waals surface area contributed by atoms with E-state index in [2.05, 4.69) is 4.90 Å². The van der Waals surface area contributed by atoms with Gasteiger partial charge in [-0.3, -0.25) is 4.90 Å². The summed E-state index contributed by atoms with van der Waals surface area (Å²) in [5.74, 6) is -0.0852. The second-order valence-corrected chi connectivity index (χ2v) is 6.02. The molecule has 0 aromatic heterocycles. The number of carbonyl (C=O) groups excluding carboxylic acids is 1. The highest BCUT2D eigenvalue weighted by molar-refractivity contribution is 5.80. The van der Waals surface area contributed by atoms with Crippen molar-refractivity contribution in [1.82, 2.24) is 4.90 Å². The van der Waals surface area contributed by atoms with Crippen LogP contribution in [0.4, 0.5) is 0 Å². The minimum absolute atomic E-state index is 0.0693. The number of carbonyl (C=O) groups is 1. The first kappa shape index (κ1) is 13.6. The van der Waals surface area contributed by atoms with Crippen LogP contribution in [0.25, 0.3) is 0 Å². The van der Waals surface area contributed by atoms with Crippen molar-refractivity contribution in [1.29, 1.82) is 0 Å². The molecule has 0 amide bonds. The molecule has 0 radical (unpaired) electrons. The Kier molecular flexibility index (Phi) is 3.52. The van der Waals surface area contributed by atoms with Crippen molar-refractivity contribution in [3.63, 3.8) is 0 Å². The Labute approximate surface area is 119 Å². The van der Waals surface area contributed by atoms with Gasteiger partial charge in [-0.25, -0.2) is 4.79 Å². The maximum absolute atomic E-state index is 12.3. The van der Waals surface area contributed by atoms with Crippen LogP contribution < -0.4 is 0 Å². The number of benzene rings is 1. The molecule has 2 atom stereocenters. The standard InChI is InChI=1S/C16H21NO3/c1-16(19,13-5-3-2-4-6-13)15(18)20-14-11-17-9-7-12(14)8-10-17/h2-6,12,14,19H,7-11H2,1H3/t14-,16-/m0/s1. The van der Waals surface area contributed by atoms with E-state index in [4.69, 9.17) is 4.74 Å². The van der Waals surface area contributed by atoms with Gasteiger partial charge in [0, 0.05) is 6.54 Å². The normalized spacial score (nSPS) is 31.6. The van der Waals surface area contributed by atoms with Gasteiger partial charge in [-0.15, -0.1) is 0 Å². The van der Waals surface area contributed by atoms with Crippen molar-refractivity contribution in [3.05, 3.63) is 35.9 Å². The molecule has 3 heterocycles. The van der Waals surface area contributed by atoms with E-state index < -0.39 is 11.6 Å². The van der Waals surface area contributed by atoms with Crippen molar-refractivity contribution < 1.29 is 14.6 Å². The van der Waals surface area contributed by atoms with Crippen LogP contribution in [0, 0.1) is 5.92 Å². The van der Waals surface area contributed by atoms with Crippen molar-refractivity contribution in [2.45, 2.75) is 31.5 Å². The van der Waals surface area contributed by atoms with Crippen LogP contribution in [0.5, 0.6) is 0 Å². The fraction of sp³-hybridized carbons (Fsp3) is 0.562. The van der Waals surface area contributed by atoms with Crippen LogP contribution in [0.1, 0.15) is 25.3 Å². The van der Waals surface area contributed by atoms with E-state index in [1.807, 2.05) is 18.2 Å². The lowest BCUT2D eigenvalue weighted by Gasteiger charge is -2.44. The number of aliphatic hydroxyl groups is 1. The molecule has 4 nitrogen and oxygen atoms in total. The van der Waals surface area contributed by atoms with E-state index in [1.165, 1.54) is 6.92 Å². The fourth-order valence-electron chi connectivity index (χ4n) is 3.18. The summed E-state index contributed by atoms with van der Waals surface area (Å²) in [4.78, 5) is 14.6. The number of ether oxygens (including phenoxy) is 1. The number of nitrogens with zero attached hydrogens (tertiary/aromatic N) is 1.